The van der Waals surface area contributed by atoms with Crippen LogP contribution in [0.3, 0.4) is 0 Å². The molecule has 1 heterocycles. The molecule has 1 fully saturated rings. The summed E-state index contributed by atoms with van der Waals surface area (Å²) in [5, 5.41) is 0. The van der Waals surface area contributed by atoms with Crippen LogP contribution in [0.25, 0.3) is 0 Å². The molecule has 0 bridgehead atoms. The lowest BCUT2D eigenvalue weighted by Gasteiger charge is -2.35. The topological polar surface area (TPSA) is 57.7 Å². The lowest BCUT2D eigenvalue weighted by atomic mass is 10.0. The summed E-state index contributed by atoms with van der Waals surface area (Å²) in [5.41, 5.74) is 1.74. The molecule has 28 heavy (non-hydrogen) atoms. The molecule has 2 aromatic carbocycles. The van der Waals surface area contributed by atoms with Gasteiger partial charge in [-0.25, -0.2) is 4.39 Å². The number of carbonyl (C=O) groups excluding carboxylic acids is 3. The highest BCUT2D eigenvalue weighted by Crippen LogP contribution is 2.14. The van der Waals surface area contributed by atoms with Gasteiger partial charge in [0.1, 0.15) is 5.82 Å². The van der Waals surface area contributed by atoms with Crippen LogP contribution in [0.2, 0.25) is 0 Å². The summed E-state index contributed by atoms with van der Waals surface area (Å²) >= 11 is 0. The van der Waals surface area contributed by atoms with Crippen molar-refractivity contribution in [3.8, 4) is 0 Å². The molecule has 0 radical (unpaired) electrons. The first-order chi connectivity index (χ1) is 13.5. The van der Waals surface area contributed by atoms with Gasteiger partial charge in [0.2, 0.25) is 5.91 Å². The van der Waals surface area contributed by atoms with Gasteiger partial charge < -0.3 is 9.80 Å². The number of benzene rings is 2. The first kappa shape index (κ1) is 19.7. The monoisotopic (exact) mass is 382 g/mol. The number of aryl methyl sites for hydroxylation is 1. The zero-order chi connectivity index (χ0) is 20.1. The van der Waals surface area contributed by atoms with Gasteiger partial charge in [0.05, 0.1) is 5.56 Å². The number of Topliss-reactive ketones (excluding diaryl/α,β-unsaturated/α-hetero) is 1. The van der Waals surface area contributed by atoms with E-state index in [9.17, 15) is 18.8 Å². The maximum absolute atomic E-state index is 13.8. The molecule has 0 aromatic heterocycles. The summed E-state index contributed by atoms with van der Waals surface area (Å²) in [6.45, 7) is 3.43. The van der Waals surface area contributed by atoms with E-state index < -0.39 is 5.82 Å². The lowest BCUT2D eigenvalue weighted by molar-refractivity contribution is -0.132. The lowest BCUT2D eigenvalue weighted by Crippen LogP contribution is -2.50. The molecule has 3 rings (SSSR count). The Morgan fingerprint density at radius 3 is 2.11 bits per heavy atom. The molecule has 5 nitrogen and oxygen atoms in total. The maximum atomic E-state index is 13.8. The predicted molar refractivity (Wildman–Crippen MR) is 104 cm³/mol. The Balaban J connectivity index is 1.48. The molecule has 0 unspecified atom stereocenters. The van der Waals surface area contributed by atoms with Gasteiger partial charge in [-0.2, -0.15) is 0 Å². The summed E-state index contributed by atoms with van der Waals surface area (Å²) in [4.78, 5) is 40.3. The Kier molecular flexibility index (Phi) is 6.19. The number of hydrogen-bond donors (Lipinski definition) is 0. The minimum Gasteiger partial charge on any atom is -0.339 e. The van der Waals surface area contributed by atoms with Gasteiger partial charge >= 0.3 is 0 Å². The third kappa shape index (κ3) is 4.63. The van der Waals surface area contributed by atoms with Gasteiger partial charge in [-0.3, -0.25) is 14.4 Å². The number of hydrogen-bond acceptors (Lipinski definition) is 3. The summed E-state index contributed by atoms with van der Waals surface area (Å²) in [6.07, 6.45) is 0.310. The average Bonchev–Trinajstić information content (AvgIpc) is 2.72. The number of carbonyl (C=O) groups is 3. The number of ketones is 1. The van der Waals surface area contributed by atoms with Gasteiger partial charge in [0.15, 0.2) is 5.78 Å². The fourth-order valence-corrected chi connectivity index (χ4v) is 3.23. The van der Waals surface area contributed by atoms with Crippen LogP contribution in [-0.2, 0) is 4.79 Å². The Morgan fingerprint density at radius 1 is 0.857 bits per heavy atom. The SMILES string of the molecule is Cc1ccc(C(=O)CCC(=O)N2CCN(C(=O)c3ccccc3F)CC2)cc1. The van der Waals surface area contributed by atoms with E-state index in [1.807, 2.05) is 19.1 Å². The van der Waals surface area contributed by atoms with Crippen molar-refractivity contribution in [3.63, 3.8) is 0 Å². The van der Waals surface area contributed by atoms with Crippen LogP contribution in [0.4, 0.5) is 4.39 Å². The highest BCUT2D eigenvalue weighted by molar-refractivity contribution is 5.98. The Morgan fingerprint density at radius 2 is 1.46 bits per heavy atom. The Hall–Kier alpha value is -3.02. The van der Waals surface area contributed by atoms with Crippen molar-refractivity contribution in [1.29, 1.82) is 0 Å². The second kappa shape index (κ2) is 8.78. The molecule has 2 amide bonds. The normalized spacial score (nSPS) is 14.1. The Labute approximate surface area is 163 Å². The molecule has 1 saturated heterocycles. The molecule has 0 atom stereocenters. The number of rotatable bonds is 5. The standard InChI is InChI=1S/C22H23FN2O3/c1-16-6-8-17(9-7-16)20(26)10-11-21(27)24-12-14-25(15-13-24)22(28)18-4-2-3-5-19(18)23/h2-9H,10-15H2,1H3. The molecule has 2 aromatic rings. The molecule has 0 N–H and O–H groups in total. The molecule has 146 valence electrons. The zero-order valence-electron chi connectivity index (χ0n) is 15.9. The van der Waals surface area contributed by atoms with Crippen molar-refractivity contribution < 1.29 is 18.8 Å². The van der Waals surface area contributed by atoms with Crippen molar-refractivity contribution in [2.24, 2.45) is 0 Å². The molecular weight excluding hydrogens is 359 g/mol. The van der Waals surface area contributed by atoms with Crippen molar-refractivity contribution in [2.45, 2.75) is 19.8 Å². The van der Waals surface area contributed by atoms with Crippen LogP contribution in [-0.4, -0.2) is 53.6 Å². The zero-order valence-corrected chi connectivity index (χ0v) is 15.9. The van der Waals surface area contributed by atoms with Crippen molar-refractivity contribution >= 4 is 17.6 Å². The van der Waals surface area contributed by atoms with Crippen molar-refractivity contribution in [3.05, 3.63) is 71.0 Å². The second-order valence-electron chi connectivity index (χ2n) is 6.94. The van der Waals surface area contributed by atoms with E-state index in [0.717, 1.165) is 5.56 Å². The van der Waals surface area contributed by atoms with Crippen molar-refractivity contribution in [2.75, 3.05) is 26.2 Å². The van der Waals surface area contributed by atoms with Gasteiger partial charge in [0.25, 0.3) is 5.91 Å². The molecule has 1 aliphatic rings. The van der Waals surface area contributed by atoms with E-state index in [1.54, 1.807) is 34.1 Å². The van der Waals surface area contributed by atoms with E-state index in [0.29, 0.717) is 31.7 Å². The van der Waals surface area contributed by atoms with Crippen LogP contribution >= 0.6 is 0 Å². The van der Waals surface area contributed by atoms with Gasteiger partial charge in [0, 0.05) is 44.6 Å². The highest BCUT2D eigenvalue weighted by Gasteiger charge is 2.26. The Bertz CT molecular complexity index is 872. The third-order valence-electron chi connectivity index (χ3n) is 4.96. The summed E-state index contributed by atoms with van der Waals surface area (Å²) in [5.74, 6) is -1.06. The number of nitrogens with zero attached hydrogens (tertiary/aromatic N) is 2. The van der Waals surface area contributed by atoms with Crippen LogP contribution in [0.1, 0.15) is 39.1 Å². The van der Waals surface area contributed by atoms with Gasteiger partial charge in [-0.1, -0.05) is 42.0 Å². The van der Waals surface area contributed by atoms with E-state index in [-0.39, 0.29) is 36.0 Å². The molecular formula is C22H23FN2O3. The fraction of sp³-hybridized carbons (Fsp3) is 0.318. The summed E-state index contributed by atoms with van der Waals surface area (Å²) in [7, 11) is 0. The molecule has 0 aliphatic carbocycles. The maximum Gasteiger partial charge on any atom is 0.256 e. The van der Waals surface area contributed by atoms with E-state index in [1.165, 1.54) is 12.1 Å². The van der Waals surface area contributed by atoms with Gasteiger partial charge in [-0.05, 0) is 19.1 Å². The van der Waals surface area contributed by atoms with Crippen LogP contribution in [0.15, 0.2) is 48.5 Å². The van der Waals surface area contributed by atoms with Crippen LogP contribution < -0.4 is 0 Å². The molecule has 0 saturated carbocycles. The summed E-state index contributed by atoms with van der Waals surface area (Å²) < 4.78 is 13.8. The smallest absolute Gasteiger partial charge is 0.256 e. The second-order valence-corrected chi connectivity index (χ2v) is 6.94. The van der Waals surface area contributed by atoms with Crippen LogP contribution in [0.5, 0.6) is 0 Å². The van der Waals surface area contributed by atoms with E-state index in [4.69, 9.17) is 0 Å². The minimum absolute atomic E-state index is 0.0472. The number of amides is 2. The first-order valence-corrected chi connectivity index (χ1v) is 9.37. The average molecular weight is 382 g/mol. The highest BCUT2D eigenvalue weighted by atomic mass is 19.1. The first-order valence-electron chi connectivity index (χ1n) is 9.37. The molecule has 0 spiro atoms. The van der Waals surface area contributed by atoms with E-state index >= 15 is 0 Å². The quantitative estimate of drug-likeness (QED) is 0.747. The largest absolute Gasteiger partial charge is 0.339 e. The van der Waals surface area contributed by atoms with Gasteiger partial charge in [-0.15, -0.1) is 0 Å². The number of piperazine rings is 1. The summed E-state index contributed by atoms with van der Waals surface area (Å²) in [6, 6.07) is 13.2. The third-order valence-corrected chi connectivity index (χ3v) is 4.96. The predicted octanol–water partition coefficient (Wildman–Crippen LogP) is 3.08. The van der Waals surface area contributed by atoms with Crippen LogP contribution in [0, 0.1) is 12.7 Å². The number of halogens is 1. The van der Waals surface area contributed by atoms with E-state index in [2.05, 4.69) is 0 Å². The molecule has 1 aliphatic heterocycles. The minimum atomic E-state index is -0.541. The fourth-order valence-electron chi connectivity index (χ4n) is 3.23. The van der Waals surface area contributed by atoms with Crippen molar-refractivity contribution in [1.82, 2.24) is 9.80 Å². The molecule has 6 heteroatoms.